The molecule has 1 aromatic carbocycles. The molecule has 2 N–H and O–H groups in total. The van der Waals surface area contributed by atoms with Gasteiger partial charge in [-0.25, -0.2) is 4.99 Å². The number of hydrogen-bond donors (Lipinski definition) is 2. The average molecular weight is 369 g/mol. The summed E-state index contributed by atoms with van der Waals surface area (Å²) in [5.41, 5.74) is 0.755. The van der Waals surface area contributed by atoms with Gasteiger partial charge in [-0.1, -0.05) is 18.2 Å². The van der Waals surface area contributed by atoms with Crippen molar-refractivity contribution in [3.05, 3.63) is 35.4 Å². The predicted octanol–water partition coefficient (Wildman–Crippen LogP) is 0.270. The van der Waals surface area contributed by atoms with Gasteiger partial charge in [-0.05, 0) is 24.5 Å². The molecule has 0 aliphatic carbocycles. The molecule has 1 aromatic rings. The second-order valence-electron chi connectivity index (χ2n) is 7.51. The molecule has 3 aliphatic heterocycles. The van der Waals surface area contributed by atoms with Gasteiger partial charge in [0, 0.05) is 32.7 Å². The number of carbonyl (C=O) groups excluding carboxylic acids is 3. The van der Waals surface area contributed by atoms with E-state index in [1.165, 1.54) is 0 Å². The van der Waals surface area contributed by atoms with Crippen LogP contribution in [-0.2, 0) is 9.59 Å². The zero-order chi connectivity index (χ0) is 19.2. The minimum atomic E-state index is -0.759. The number of nitrogens with one attached hydrogen (secondary N) is 2. The lowest BCUT2D eigenvalue weighted by Gasteiger charge is -2.35. The first-order valence-electron chi connectivity index (χ1n) is 9.16. The number of amides is 3. The van der Waals surface area contributed by atoms with Crippen LogP contribution in [0, 0.1) is 0 Å². The highest BCUT2D eigenvalue weighted by Crippen LogP contribution is 2.32. The average Bonchev–Trinajstić information content (AvgIpc) is 3.14. The molecule has 8 heteroatoms. The first-order valence-corrected chi connectivity index (χ1v) is 9.16. The lowest BCUT2D eigenvalue weighted by Crippen LogP contribution is -2.51. The van der Waals surface area contributed by atoms with E-state index in [4.69, 9.17) is 0 Å². The van der Waals surface area contributed by atoms with Crippen LogP contribution in [-0.4, -0.2) is 66.2 Å². The summed E-state index contributed by atoms with van der Waals surface area (Å²) in [7, 11) is 3.68. The van der Waals surface area contributed by atoms with Gasteiger partial charge < -0.3 is 15.1 Å². The molecule has 3 aliphatic rings. The zero-order valence-electron chi connectivity index (χ0n) is 15.5. The number of carbonyl (C=O) groups is 3. The molecule has 3 heterocycles. The first kappa shape index (κ1) is 17.5. The third-order valence-corrected chi connectivity index (χ3v) is 5.60. The smallest absolute Gasteiger partial charge is 0.254 e. The number of aliphatic imine (C=N–C) groups is 1. The largest absolute Gasteiger partial charge is 0.349 e. The maximum atomic E-state index is 12.8. The summed E-state index contributed by atoms with van der Waals surface area (Å²) < 4.78 is 0. The fourth-order valence-corrected chi connectivity index (χ4v) is 3.96. The maximum absolute atomic E-state index is 12.8. The number of likely N-dealkylation sites (tertiary alicyclic amines) is 1. The van der Waals surface area contributed by atoms with Crippen molar-refractivity contribution in [3.8, 4) is 0 Å². The SMILES string of the molecule is CN(C)C1=NC2(CCN(C(=O)CC3NC(=O)c4ccccc43)CC2)C(=O)N1. The van der Waals surface area contributed by atoms with Gasteiger partial charge in [0.15, 0.2) is 0 Å². The van der Waals surface area contributed by atoms with E-state index in [9.17, 15) is 14.4 Å². The molecule has 1 atom stereocenters. The molecular formula is C19H23N5O3. The Kier molecular flexibility index (Phi) is 4.13. The van der Waals surface area contributed by atoms with Crippen LogP contribution in [0.5, 0.6) is 0 Å². The van der Waals surface area contributed by atoms with Crippen LogP contribution in [0.3, 0.4) is 0 Å². The second-order valence-corrected chi connectivity index (χ2v) is 7.51. The van der Waals surface area contributed by atoms with Crippen molar-refractivity contribution in [1.82, 2.24) is 20.4 Å². The molecule has 0 radical (unpaired) electrons. The van der Waals surface area contributed by atoms with Crippen LogP contribution in [0.15, 0.2) is 29.3 Å². The lowest BCUT2D eigenvalue weighted by molar-refractivity contribution is -0.136. The lowest BCUT2D eigenvalue weighted by atomic mass is 9.87. The number of rotatable bonds is 2. The molecule has 0 saturated carbocycles. The van der Waals surface area contributed by atoms with E-state index >= 15 is 0 Å². The van der Waals surface area contributed by atoms with E-state index in [1.54, 1.807) is 15.9 Å². The summed E-state index contributed by atoms with van der Waals surface area (Å²) in [6.07, 6.45) is 1.25. The summed E-state index contributed by atoms with van der Waals surface area (Å²) in [5, 5.41) is 5.70. The molecule has 3 amide bonds. The summed E-state index contributed by atoms with van der Waals surface area (Å²) >= 11 is 0. The van der Waals surface area contributed by atoms with Gasteiger partial charge in [-0.2, -0.15) is 0 Å². The van der Waals surface area contributed by atoms with E-state index < -0.39 is 5.54 Å². The summed E-state index contributed by atoms with van der Waals surface area (Å²) in [5.74, 6) is 0.344. The monoisotopic (exact) mass is 369 g/mol. The third kappa shape index (κ3) is 2.94. The van der Waals surface area contributed by atoms with E-state index in [-0.39, 0.29) is 30.2 Å². The highest BCUT2D eigenvalue weighted by atomic mass is 16.2. The number of benzene rings is 1. The zero-order valence-corrected chi connectivity index (χ0v) is 15.5. The van der Waals surface area contributed by atoms with Crippen LogP contribution >= 0.6 is 0 Å². The fourth-order valence-electron chi connectivity index (χ4n) is 3.96. The van der Waals surface area contributed by atoms with E-state index in [0.29, 0.717) is 37.5 Å². The Morgan fingerprint density at radius 1 is 1.26 bits per heavy atom. The third-order valence-electron chi connectivity index (χ3n) is 5.60. The number of guanidine groups is 1. The van der Waals surface area contributed by atoms with Gasteiger partial charge >= 0.3 is 0 Å². The summed E-state index contributed by atoms with van der Waals surface area (Å²) in [4.78, 5) is 45.3. The minimum Gasteiger partial charge on any atom is -0.349 e. The second kappa shape index (κ2) is 6.37. The normalized spacial score (nSPS) is 23.0. The first-order chi connectivity index (χ1) is 12.9. The van der Waals surface area contributed by atoms with Crippen molar-refractivity contribution >= 4 is 23.7 Å². The highest BCUT2D eigenvalue weighted by molar-refractivity contribution is 6.07. The quantitative estimate of drug-likeness (QED) is 0.782. The predicted molar refractivity (Wildman–Crippen MR) is 99.1 cm³/mol. The van der Waals surface area contributed by atoms with Gasteiger partial charge in [0.2, 0.25) is 11.9 Å². The standard InChI is InChI=1S/C19H23N5O3/c1-23(2)18-21-17(27)19(22-18)7-9-24(10-8-19)15(25)11-14-12-5-3-4-6-13(12)16(26)20-14/h3-6,14H,7-11H2,1-2H3,(H,20,26)(H,21,22,27). The van der Waals surface area contributed by atoms with Crippen molar-refractivity contribution in [2.24, 2.45) is 4.99 Å². The number of piperidine rings is 1. The molecule has 1 saturated heterocycles. The van der Waals surface area contributed by atoms with Crippen LogP contribution in [0.4, 0.5) is 0 Å². The molecule has 4 rings (SSSR count). The van der Waals surface area contributed by atoms with Crippen molar-refractivity contribution < 1.29 is 14.4 Å². The van der Waals surface area contributed by atoms with Crippen molar-refractivity contribution in [1.29, 1.82) is 0 Å². The Labute approximate surface area is 157 Å². The van der Waals surface area contributed by atoms with Gasteiger partial charge in [-0.3, -0.25) is 19.7 Å². The number of fused-ring (bicyclic) bond motifs is 1. The molecule has 8 nitrogen and oxygen atoms in total. The molecule has 1 fully saturated rings. The van der Waals surface area contributed by atoms with E-state index in [1.807, 2.05) is 32.3 Å². The molecular weight excluding hydrogens is 346 g/mol. The van der Waals surface area contributed by atoms with Crippen molar-refractivity contribution in [2.75, 3.05) is 27.2 Å². The Balaban J connectivity index is 1.40. The molecule has 0 aromatic heterocycles. The Hall–Kier alpha value is -2.90. The molecule has 1 spiro atoms. The minimum absolute atomic E-state index is 0.0120. The molecule has 1 unspecified atom stereocenters. The highest BCUT2D eigenvalue weighted by Gasteiger charge is 2.47. The van der Waals surface area contributed by atoms with Crippen molar-refractivity contribution in [3.63, 3.8) is 0 Å². The molecule has 0 bridgehead atoms. The Morgan fingerprint density at radius 2 is 1.96 bits per heavy atom. The Morgan fingerprint density at radius 3 is 2.63 bits per heavy atom. The van der Waals surface area contributed by atoms with Gasteiger partial charge in [-0.15, -0.1) is 0 Å². The van der Waals surface area contributed by atoms with Crippen LogP contribution in [0.2, 0.25) is 0 Å². The van der Waals surface area contributed by atoms with E-state index in [0.717, 1.165) is 5.56 Å². The summed E-state index contributed by atoms with van der Waals surface area (Å²) in [6.45, 7) is 0.970. The molecule has 27 heavy (non-hydrogen) atoms. The van der Waals surface area contributed by atoms with Gasteiger partial charge in [0.05, 0.1) is 12.5 Å². The Bertz CT molecular complexity index is 840. The van der Waals surface area contributed by atoms with Crippen LogP contribution in [0.25, 0.3) is 0 Å². The maximum Gasteiger partial charge on any atom is 0.254 e. The van der Waals surface area contributed by atoms with Crippen molar-refractivity contribution in [2.45, 2.75) is 30.8 Å². The molecule has 142 valence electrons. The fraction of sp³-hybridized carbons (Fsp3) is 0.474. The number of hydrogen-bond acceptors (Lipinski definition) is 5. The number of nitrogens with zero attached hydrogens (tertiary/aromatic N) is 3. The van der Waals surface area contributed by atoms with Crippen LogP contribution < -0.4 is 10.6 Å². The van der Waals surface area contributed by atoms with Crippen LogP contribution in [0.1, 0.15) is 41.2 Å². The topological polar surface area (TPSA) is 94.1 Å². The van der Waals surface area contributed by atoms with Gasteiger partial charge in [0.25, 0.3) is 11.8 Å². The van der Waals surface area contributed by atoms with E-state index in [2.05, 4.69) is 15.6 Å². The summed E-state index contributed by atoms with van der Waals surface area (Å²) in [6, 6.07) is 7.07. The van der Waals surface area contributed by atoms with Gasteiger partial charge in [0.1, 0.15) is 5.54 Å².